The first-order chi connectivity index (χ1) is 9.65. The van der Waals surface area contributed by atoms with Crippen molar-refractivity contribution in [2.24, 2.45) is 0 Å². The van der Waals surface area contributed by atoms with E-state index in [-0.39, 0.29) is 0 Å². The second-order valence-corrected chi connectivity index (χ2v) is 5.53. The lowest BCUT2D eigenvalue weighted by Gasteiger charge is -2.31. The van der Waals surface area contributed by atoms with E-state index in [1.165, 1.54) is 11.1 Å². The van der Waals surface area contributed by atoms with Crippen molar-refractivity contribution in [3.05, 3.63) is 58.8 Å². The Bertz CT molecular complexity index is 622. The molecule has 0 fully saturated rings. The average Bonchev–Trinajstić information content (AvgIpc) is 2.46. The van der Waals surface area contributed by atoms with Crippen LogP contribution in [-0.4, -0.2) is 16.6 Å². The van der Waals surface area contributed by atoms with Gasteiger partial charge in [-0.25, -0.2) is 4.98 Å². The van der Waals surface area contributed by atoms with Crippen molar-refractivity contribution >= 4 is 5.82 Å². The molecule has 104 valence electrons. The fraction of sp³-hybridized carbons (Fsp3) is 0.353. The van der Waals surface area contributed by atoms with Crippen molar-refractivity contribution in [3.63, 3.8) is 0 Å². The Morgan fingerprint density at radius 3 is 2.70 bits per heavy atom. The third kappa shape index (κ3) is 2.41. The van der Waals surface area contributed by atoms with E-state index in [2.05, 4.69) is 41.1 Å². The highest BCUT2D eigenvalue weighted by Gasteiger charge is 2.18. The van der Waals surface area contributed by atoms with Gasteiger partial charge in [0.2, 0.25) is 0 Å². The smallest absolute Gasteiger partial charge is 0.131 e. The number of nitrogens with zero attached hydrogens (tertiary/aromatic N) is 2. The number of rotatable bonds is 2. The van der Waals surface area contributed by atoms with Crippen LogP contribution in [0.1, 0.15) is 35.3 Å². The van der Waals surface area contributed by atoms with Gasteiger partial charge in [-0.2, -0.15) is 0 Å². The number of aliphatic hydroxyl groups excluding tert-OH is 1. The van der Waals surface area contributed by atoms with E-state index in [0.717, 1.165) is 36.5 Å². The molecule has 1 unspecified atom stereocenters. The lowest BCUT2D eigenvalue weighted by atomic mass is 9.99. The summed E-state index contributed by atoms with van der Waals surface area (Å²) in [5.41, 5.74) is 4.84. The molecular formula is C17H20N2O. The number of pyridine rings is 1. The van der Waals surface area contributed by atoms with Crippen molar-refractivity contribution in [1.82, 2.24) is 4.98 Å². The lowest BCUT2D eigenvalue weighted by Crippen LogP contribution is -2.31. The minimum atomic E-state index is -0.461. The van der Waals surface area contributed by atoms with Gasteiger partial charge in [-0.1, -0.05) is 24.3 Å². The van der Waals surface area contributed by atoms with Crippen molar-refractivity contribution in [2.45, 2.75) is 32.9 Å². The molecule has 1 aromatic carbocycles. The number of anilines is 1. The standard InChI is InChI=1S/C17H20N2O/c1-12-9-16(13(2)20)10-18-17(12)19-8-7-14-5-3-4-6-15(14)11-19/h3-6,9-10,13,20H,7-8,11H2,1-2H3. The van der Waals surface area contributed by atoms with Gasteiger partial charge in [-0.05, 0) is 48.6 Å². The summed E-state index contributed by atoms with van der Waals surface area (Å²) in [5, 5.41) is 9.63. The fourth-order valence-electron chi connectivity index (χ4n) is 2.83. The van der Waals surface area contributed by atoms with E-state index in [9.17, 15) is 5.11 Å². The van der Waals surface area contributed by atoms with Gasteiger partial charge in [0.25, 0.3) is 0 Å². The van der Waals surface area contributed by atoms with E-state index in [1.807, 2.05) is 6.07 Å². The highest BCUT2D eigenvalue weighted by molar-refractivity contribution is 5.50. The maximum absolute atomic E-state index is 9.63. The van der Waals surface area contributed by atoms with Crippen LogP contribution in [0.25, 0.3) is 0 Å². The summed E-state index contributed by atoms with van der Waals surface area (Å²) in [6.07, 6.45) is 2.39. The van der Waals surface area contributed by atoms with Gasteiger partial charge in [0.15, 0.2) is 0 Å². The van der Waals surface area contributed by atoms with Crippen molar-refractivity contribution in [2.75, 3.05) is 11.4 Å². The molecule has 0 spiro atoms. The molecule has 1 N–H and O–H groups in total. The highest BCUT2D eigenvalue weighted by atomic mass is 16.3. The molecule has 2 aromatic rings. The molecule has 1 aliphatic heterocycles. The van der Waals surface area contributed by atoms with Gasteiger partial charge in [0, 0.05) is 19.3 Å². The second-order valence-electron chi connectivity index (χ2n) is 5.53. The minimum absolute atomic E-state index is 0.461. The zero-order valence-corrected chi connectivity index (χ0v) is 12.0. The van der Waals surface area contributed by atoms with Crippen LogP contribution >= 0.6 is 0 Å². The van der Waals surface area contributed by atoms with Crippen LogP contribution in [0, 0.1) is 6.92 Å². The Balaban J connectivity index is 1.88. The summed E-state index contributed by atoms with van der Waals surface area (Å²) < 4.78 is 0. The first-order valence-corrected chi connectivity index (χ1v) is 7.11. The van der Waals surface area contributed by atoms with E-state index < -0.39 is 6.10 Å². The average molecular weight is 268 g/mol. The fourth-order valence-corrected chi connectivity index (χ4v) is 2.83. The number of benzene rings is 1. The molecule has 1 atom stereocenters. The zero-order valence-electron chi connectivity index (χ0n) is 12.0. The third-order valence-corrected chi connectivity index (χ3v) is 3.98. The molecule has 1 aromatic heterocycles. The van der Waals surface area contributed by atoms with E-state index in [0.29, 0.717) is 0 Å². The van der Waals surface area contributed by atoms with E-state index >= 15 is 0 Å². The molecule has 0 radical (unpaired) electrons. The minimum Gasteiger partial charge on any atom is -0.389 e. The molecule has 0 aliphatic carbocycles. The molecular weight excluding hydrogens is 248 g/mol. The summed E-state index contributed by atoms with van der Waals surface area (Å²) in [6, 6.07) is 10.6. The number of aromatic nitrogens is 1. The van der Waals surface area contributed by atoms with Crippen LogP contribution in [0.3, 0.4) is 0 Å². The quantitative estimate of drug-likeness (QED) is 0.909. The Hall–Kier alpha value is -1.87. The summed E-state index contributed by atoms with van der Waals surface area (Å²) in [4.78, 5) is 6.88. The van der Waals surface area contributed by atoms with Gasteiger partial charge in [0.05, 0.1) is 6.10 Å². The van der Waals surface area contributed by atoms with E-state index in [4.69, 9.17) is 0 Å². The molecule has 0 saturated heterocycles. The van der Waals surface area contributed by atoms with Gasteiger partial charge in [0.1, 0.15) is 5.82 Å². The summed E-state index contributed by atoms with van der Waals surface area (Å²) >= 11 is 0. The molecule has 0 bridgehead atoms. The summed E-state index contributed by atoms with van der Waals surface area (Å²) in [6.45, 7) is 5.75. The van der Waals surface area contributed by atoms with Crippen molar-refractivity contribution < 1.29 is 5.11 Å². The van der Waals surface area contributed by atoms with Gasteiger partial charge >= 0.3 is 0 Å². The topological polar surface area (TPSA) is 36.4 Å². The third-order valence-electron chi connectivity index (χ3n) is 3.98. The predicted molar refractivity (Wildman–Crippen MR) is 80.8 cm³/mol. The maximum atomic E-state index is 9.63. The molecule has 1 aliphatic rings. The maximum Gasteiger partial charge on any atom is 0.131 e. The number of hydrogen-bond acceptors (Lipinski definition) is 3. The van der Waals surface area contributed by atoms with E-state index in [1.54, 1.807) is 13.1 Å². The van der Waals surface area contributed by atoms with Gasteiger partial charge in [-0.3, -0.25) is 0 Å². The molecule has 3 rings (SSSR count). The highest BCUT2D eigenvalue weighted by Crippen LogP contribution is 2.26. The van der Waals surface area contributed by atoms with Crippen LogP contribution in [0.15, 0.2) is 36.5 Å². The number of aliphatic hydroxyl groups is 1. The predicted octanol–water partition coefficient (Wildman–Crippen LogP) is 3.01. The van der Waals surface area contributed by atoms with Crippen molar-refractivity contribution in [3.8, 4) is 0 Å². The Morgan fingerprint density at radius 2 is 2.00 bits per heavy atom. The molecule has 3 nitrogen and oxygen atoms in total. The molecule has 3 heteroatoms. The van der Waals surface area contributed by atoms with Crippen LogP contribution in [0.4, 0.5) is 5.82 Å². The molecule has 0 saturated carbocycles. The summed E-state index contributed by atoms with van der Waals surface area (Å²) in [5.74, 6) is 1.03. The lowest BCUT2D eigenvalue weighted by molar-refractivity contribution is 0.199. The summed E-state index contributed by atoms with van der Waals surface area (Å²) in [7, 11) is 0. The molecule has 20 heavy (non-hydrogen) atoms. The number of fused-ring (bicyclic) bond motifs is 1. The van der Waals surface area contributed by atoms with Crippen LogP contribution in [0.5, 0.6) is 0 Å². The number of aryl methyl sites for hydroxylation is 1. The zero-order chi connectivity index (χ0) is 14.1. The SMILES string of the molecule is Cc1cc(C(C)O)cnc1N1CCc2ccccc2C1. The second kappa shape index (κ2) is 5.25. The first kappa shape index (κ1) is 13.1. The van der Waals surface area contributed by atoms with Gasteiger partial charge < -0.3 is 10.0 Å². The monoisotopic (exact) mass is 268 g/mol. The molecule has 2 heterocycles. The van der Waals surface area contributed by atoms with Crippen LogP contribution in [0.2, 0.25) is 0 Å². The van der Waals surface area contributed by atoms with Crippen molar-refractivity contribution in [1.29, 1.82) is 0 Å². The molecule has 0 amide bonds. The van der Waals surface area contributed by atoms with Gasteiger partial charge in [-0.15, -0.1) is 0 Å². The Kier molecular flexibility index (Phi) is 3.45. The Labute approximate surface area is 119 Å². The largest absolute Gasteiger partial charge is 0.389 e. The Morgan fingerprint density at radius 1 is 1.25 bits per heavy atom. The van der Waals surface area contributed by atoms with Crippen LogP contribution < -0.4 is 4.90 Å². The normalized spacial score (nSPS) is 15.8. The van der Waals surface area contributed by atoms with Crippen LogP contribution in [-0.2, 0) is 13.0 Å². The first-order valence-electron chi connectivity index (χ1n) is 7.11. The number of hydrogen-bond donors (Lipinski definition) is 1.